The Hall–Kier alpha value is -6.24. The fraction of sp³-hybridized carbons (Fsp3) is 0.333. The number of nitrogen functional groups attached to an aromatic ring is 1. The van der Waals surface area contributed by atoms with E-state index >= 15 is 0 Å². The van der Waals surface area contributed by atoms with E-state index < -0.39 is 0 Å². The summed E-state index contributed by atoms with van der Waals surface area (Å²) in [7, 11) is 1.67. The van der Waals surface area contributed by atoms with Crippen molar-refractivity contribution in [2.45, 2.75) is 73.8 Å². The summed E-state index contributed by atoms with van der Waals surface area (Å²) < 4.78 is 20.4. The summed E-state index contributed by atoms with van der Waals surface area (Å²) in [5.74, 6) is 4.19. The first-order valence-electron chi connectivity index (χ1n) is 18.6. The summed E-state index contributed by atoms with van der Waals surface area (Å²) in [5.41, 5.74) is 16.1. The lowest BCUT2D eigenvalue weighted by atomic mass is 10.1. The van der Waals surface area contributed by atoms with Crippen LogP contribution < -0.4 is 25.3 Å². The number of fused-ring (bicyclic) bond motifs is 2. The van der Waals surface area contributed by atoms with Crippen LogP contribution in [0.1, 0.15) is 82.0 Å². The molecule has 0 fully saturated rings. The molecule has 0 aliphatic carbocycles. The Morgan fingerprint density at radius 1 is 0.709 bits per heavy atom. The molecule has 13 heteroatoms. The van der Waals surface area contributed by atoms with E-state index in [2.05, 4.69) is 66.2 Å². The number of aromatic nitrogens is 8. The molecule has 1 aromatic carbocycles. The van der Waals surface area contributed by atoms with Crippen molar-refractivity contribution in [2.75, 3.05) is 31.4 Å². The monoisotopic (exact) mass is 742 g/mol. The highest BCUT2D eigenvalue weighted by Gasteiger charge is 2.21. The largest absolute Gasteiger partial charge is 0.497 e. The van der Waals surface area contributed by atoms with Crippen molar-refractivity contribution in [3.63, 3.8) is 0 Å². The Morgan fingerprint density at radius 3 is 1.73 bits per heavy atom. The molecule has 0 atom stereocenters. The number of ether oxygens (including phenoxy) is 3. The molecular weight excluding hydrogens is 693 g/mol. The van der Waals surface area contributed by atoms with E-state index in [1.165, 1.54) is 0 Å². The highest BCUT2D eigenvalue weighted by molar-refractivity contribution is 5.81. The number of aryl methyl sites for hydroxylation is 2. The number of imidazole rings is 2. The van der Waals surface area contributed by atoms with Gasteiger partial charge in [-0.15, -0.1) is 0 Å². The molecule has 7 rings (SSSR count). The fourth-order valence-electron chi connectivity index (χ4n) is 6.37. The maximum Gasteiger partial charge on any atom is 0.222 e. The quantitative estimate of drug-likeness (QED) is 0.124. The van der Waals surface area contributed by atoms with Gasteiger partial charge in [-0.2, -0.15) is 10.2 Å². The second-order valence-electron chi connectivity index (χ2n) is 13.6. The molecule has 0 unspecified atom stereocenters. The second kappa shape index (κ2) is 16.8. The SMILES string of the molecule is CCOc1ncccc1-c1cc(N)c2c(C(C)C)nc(C)n2n1.CCOc1ncccc1-c1cc(NCc2ccc(OC)cc2)c2c(C(C)C)nc(C)n2n1. The normalized spacial score (nSPS) is 11.3. The molecule has 0 bridgehead atoms. The van der Waals surface area contributed by atoms with E-state index in [-0.39, 0.29) is 11.8 Å². The van der Waals surface area contributed by atoms with E-state index in [0.717, 1.165) is 73.6 Å². The van der Waals surface area contributed by atoms with Crippen LogP contribution in [-0.4, -0.2) is 59.5 Å². The van der Waals surface area contributed by atoms with E-state index in [9.17, 15) is 0 Å². The molecule has 6 heterocycles. The molecule has 0 aliphatic heterocycles. The van der Waals surface area contributed by atoms with Crippen molar-refractivity contribution < 1.29 is 14.2 Å². The molecule has 0 spiro atoms. The van der Waals surface area contributed by atoms with Gasteiger partial charge in [-0.05, 0) is 93.6 Å². The first kappa shape index (κ1) is 38.5. The number of hydrogen-bond donors (Lipinski definition) is 2. The summed E-state index contributed by atoms with van der Waals surface area (Å²) in [4.78, 5) is 18.1. The summed E-state index contributed by atoms with van der Waals surface area (Å²) in [6, 6.07) is 19.7. The van der Waals surface area contributed by atoms with Crippen molar-refractivity contribution in [1.82, 2.24) is 39.2 Å². The first-order valence-corrected chi connectivity index (χ1v) is 18.6. The first-order chi connectivity index (χ1) is 26.5. The van der Waals surface area contributed by atoms with Crippen LogP contribution in [0.2, 0.25) is 0 Å². The lowest BCUT2D eigenvalue weighted by Crippen LogP contribution is -2.06. The van der Waals surface area contributed by atoms with Gasteiger partial charge in [-0.3, -0.25) is 0 Å². The van der Waals surface area contributed by atoms with Crippen molar-refractivity contribution in [3.05, 3.63) is 102 Å². The Morgan fingerprint density at radius 2 is 1.22 bits per heavy atom. The minimum absolute atomic E-state index is 0.269. The lowest BCUT2D eigenvalue weighted by molar-refractivity contribution is 0.328. The Bertz CT molecular complexity index is 2400. The van der Waals surface area contributed by atoms with Crippen LogP contribution in [0.15, 0.2) is 73.1 Å². The van der Waals surface area contributed by atoms with Crippen LogP contribution in [0.4, 0.5) is 11.4 Å². The van der Waals surface area contributed by atoms with Crippen LogP contribution in [-0.2, 0) is 6.54 Å². The average Bonchev–Trinajstić information content (AvgIpc) is 3.72. The minimum atomic E-state index is 0.269. The van der Waals surface area contributed by atoms with Crippen molar-refractivity contribution >= 4 is 22.4 Å². The number of anilines is 2. The van der Waals surface area contributed by atoms with E-state index in [0.29, 0.717) is 37.2 Å². The zero-order chi connectivity index (χ0) is 39.2. The zero-order valence-electron chi connectivity index (χ0n) is 33.1. The molecule has 3 N–H and O–H groups in total. The minimum Gasteiger partial charge on any atom is -0.497 e. The Labute approximate surface area is 321 Å². The Balaban J connectivity index is 0.000000197. The molecular formula is C42H50N10O3. The molecule has 0 aliphatic rings. The lowest BCUT2D eigenvalue weighted by Gasteiger charge is -2.14. The average molecular weight is 743 g/mol. The smallest absolute Gasteiger partial charge is 0.222 e. The fourth-order valence-corrected chi connectivity index (χ4v) is 6.37. The third-order valence-corrected chi connectivity index (χ3v) is 9.00. The van der Waals surface area contributed by atoms with Crippen LogP contribution in [0.25, 0.3) is 33.5 Å². The number of rotatable bonds is 12. The third kappa shape index (κ3) is 8.15. The van der Waals surface area contributed by atoms with E-state index in [1.54, 1.807) is 19.5 Å². The molecule has 0 amide bonds. The van der Waals surface area contributed by atoms with Gasteiger partial charge in [0.2, 0.25) is 11.8 Å². The zero-order valence-corrected chi connectivity index (χ0v) is 33.1. The maximum atomic E-state index is 6.31. The molecule has 0 radical (unpaired) electrons. The third-order valence-electron chi connectivity index (χ3n) is 9.00. The van der Waals surface area contributed by atoms with Gasteiger partial charge in [0.1, 0.15) is 28.4 Å². The number of benzene rings is 1. The van der Waals surface area contributed by atoms with Gasteiger partial charge in [-0.1, -0.05) is 39.8 Å². The molecule has 0 saturated carbocycles. The van der Waals surface area contributed by atoms with Crippen LogP contribution in [0, 0.1) is 13.8 Å². The van der Waals surface area contributed by atoms with E-state index in [4.69, 9.17) is 35.1 Å². The van der Waals surface area contributed by atoms with Gasteiger partial charge in [0.25, 0.3) is 0 Å². The number of pyridine rings is 2. The summed E-state index contributed by atoms with van der Waals surface area (Å²) in [5, 5.41) is 13.2. The molecule has 55 heavy (non-hydrogen) atoms. The second-order valence-corrected chi connectivity index (χ2v) is 13.6. The number of nitrogens with one attached hydrogen (secondary N) is 1. The number of hydrogen-bond acceptors (Lipinski definition) is 11. The van der Waals surface area contributed by atoms with Crippen molar-refractivity contribution in [2.24, 2.45) is 0 Å². The summed E-state index contributed by atoms with van der Waals surface area (Å²) in [6.07, 6.45) is 3.44. The highest BCUT2D eigenvalue weighted by Crippen LogP contribution is 2.34. The highest BCUT2D eigenvalue weighted by atomic mass is 16.5. The topological polar surface area (TPSA) is 152 Å². The molecule has 286 valence electrons. The van der Waals surface area contributed by atoms with Gasteiger partial charge < -0.3 is 25.3 Å². The van der Waals surface area contributed by atoms with E-state index in [1.807, 2.05) is 79.2 Å². The van der Waals surface area contributed by atoms with Crippen LogP contribution >= 0.6 is 0 Å². The van der Waals surface area contributed by atoms with Crippen LogP contribution in [0.3, 0.4) is 0 Å². The molecule has 0 saturated heterocycles. The number of methoxy groups -OCH3 is 1. The summed E-state index contributed by atoms with van der Waals surface area (Å²) >= 11 is 0. The molecule has 6 aromatic heterocycles. The number of nitrogens with two attached hydrogens (primary N) is 1. The molecule has 7 aromatic rings. The van der Waals surface area contributed by atoms with Crippen molar-refractivity contribution in [1.29, 1.82) is 0 Å². The van der Waals surface area contributed by atoms with Crippen molar-refractivity contribution in [3.8, 4) is 40.0 Å². The van der Waals surface area contributed by atoms with Gasteiger partial charge >= 0.3 is 0 Å². The van der Waals surface area contributed by atoms with Gasteiger partial charge in [-0.25, -0.2) is 29.0 Å². The van der Waals surface area contributed by atoms with Gasteiger partial charge in [0, 0.05) is 18.9 Å². The Kier molecular flexibility index (Phi) is 11.8. The van der Waals surface area contributed by atoms with Crippen LogP contribution in [0.5, 0.6) is 17.5 Å². The van der Waals surface area contributed by atoms with Gasteiger partial charge in [0.05, 0.1) is 65.6 Å². The number of nitrogens with zero attached hydrogens (tertiary/aromatic N) is 8. The van der Waals surface area contributed by atoms with Gasteiger partial charge in [0.15, 0.2) is 0 Å². The predicted molar refractivity (Wildman–Crippen MR) is 217 cm³/mol. The molecule has 13 nitrogen and oxygen atoms in total. The summed E-state index contributed by atoms with van der Waals surface area (Å²) in [6.45, 7) is 18.0. The standard InChI is InChI=1S/C25H29N5O2.C17H21N5O/c1-6-32-25-20(8-7-13-26-25)21-14-22(27-15-18-9-11-19(31-5)12-10-18)24-23(16(2)3)28-17(4)30(24)29-21;1-5-23-17-12(7-6-8-19-17)14-9-13(18)16-15(10(2)3)20-11(4)22(16)21-14/h7-14,16,27H,6,15H2,1-5H3;6-10H,5,18H2,1-4H3. The maximum absolute atomic E-state index is 6.31. The predicted octanol–water partition coefficient (Wildman–Crippen LogP) is 8.45.